The van der Waals surface area contributed by atoms with Gasteiger partial charge in [-0.3, -0.25) is 0 Å². The monoisotopic (exact) mass is 268 g/mol. The molecular weight excluding hydrogens is 244 g/mol. The van der Waals surface area contributed by atoms with Gasteiger partial charge in [0.15, 0.2) is 5.71 Å². The van der Waals surface area contributed by atoms with E-state index >= 15 is 0 Å². The van der Waals surface area contributed by atoms with Crippen molar-refractivity contribution in [3.05, 3.63) is 0 Å². The Morgan fingerprint density at radius 1 is 1.32 bits per heavy atom. The van der Waals surface area contributed by atoms with E-state index in [1.165, 1.54) is 0 Å². The Morgan fingerprint density at radius 2 is 1.95 bits per heavy atom. The molecule has 0 aromatic rings. The number of hydrogen-bond donors (Lipinski definition) is 0. The van der Waals surface area contributed by atoms with E-state index in [-0.39, 0.29) is 17.7 Å². The normalized spacial score (nSPS) is 22.7. The zero-order valence-corrected chi connectivity index (χ0v) is 12.3. The second kappa shape index (κ2) is 5.49. The first-order valence-corrected chi connectivity index (χ1v) is 7.12. The third-order valence-electron chi connectivity index (χ3n) is 3.86. The number of oxime groups is 1. The van der Waals surface area contributed by atoms with Gasteiger partial charge in [-0.15, -0.1) is 0 Å². The molecule has 2 aliphatic heterocycles. The minimum absolute atomic E-state index is 0.116. The third kappa shape index (κ3) is 3.26. The van der Waals surface area contributed by atoms with Gasteiger partial charge in [-0.25, -0.2) is 4.79 Å². The molecule has 0 radical (unpaired) electrons. The average molecular weight is 268 g/mol. The topological polar surface area (TPSA) is 51.1 Å². The van der Waals surface area contributed by atoms with Crippen LogP contribution >= 0.6 is 0 Å². The number of esters is 1. The highest BCUT2D eigenvalue weighted by atomic mass is 16.7. The lowest BCUT2D eigenvalue weighted by atomic mass is 9.86. The second-order valence-corrected chi connectivity index (χ2v) is 6.07. The van der Waals surface area contributed by atoms with E-state index in [0.717, 1.165) is 25.9 Å². The smallest absolute Gasteiger partial charge is 0.356 e. The van der Waals surface area contributed by atoms with Crippen LogP contribution in [0.3, 0.4) is 0 Å². The molecule has 0 aliphatic carbocycles. The molecule has 0 aromatic heterocycles. The van der Waals surface area contributed by atoms with Crippen LogP contribution in [0.2, 0.25) is 0 Å². The van der Waals surface area contributed by atoms with Crippen molar-refractivity contribution in [1.82, 2.24) is 4.90 Å². The molecule has 19 heavy (non-hydrogen) atoms. The lowest BCUT2D eigenvalue weighted by Crippen LogP contribution is -2.47. The SMILES string of the molecule is CC(C)OC(=O)C1=NOC2(CCN(C(C)C)CC2)C1. The molecule has 0 bridgehead atoms. The molecule has 108 valence electrons. The van der Waals surface area contributed by atoms with Gasteiger partial charge in [-0.1, -0.05) is 5.16 Å². The van der Waals surface area contributed by atoms with Crippen molar-refractivity contribution in [1.29, 1.82) is 0 Å². The summed E-state index contributed by atoms with van der Waals surface area (Å²) in [6.07, 6.45) is 2.32. The van der Waals surface area contributed by atoms with E-state index in [9.17, 15) is 4.79 Å². The standard InChI is InChI=1S/C14H24N2O3/c1-10(2)16-7-5-14(6-8-16)9-12(15-19-14)13(17)18-11(3)4/h10-11H,5-9H2,1-4H3. The maximum atomic E-state index is 11.8. The van der Waals surface area contributed by atoms with Gasteiger partial charge in [0.05, 0.1) is 6.10 Å². The van der Waals surface area contributed by atoms with Crippen molar-refractivity contribution >= 4 is 11.7 Å². The van der Waals surface area contributed by atoms with Crippen LogP contribution in [-0.4, -0.2) is 47.4 Å². The number of carbonyl (C=O) groups is 1. The van der Waals surface area contributed by atoms with Gasteiger partial charge in [0.2, 0.25) is 0 Å². The van der Waals surface area contributed by atoms with Gasteiger partial charge < -0.3 is 14.5 Å². The van der Waals surface area contributed by atoms with Gasteiger partial charge in [0.25, 0.3) is 0 Å². The molecule has 1 saturated heterocycles. The molecule has 2 rings (SSSR count). The quantitative estimate of drug-likeness (QED) is 0.734. The van der Waals surface area contributed by atoms with Crippen LogP contribution in [0.15, 0.2) is 5.16 Å². The van der Waals surface area contributed by atoms with Crippen LogP contribution in [0.5, 0.6) is 0 Å². The highest BCUT2D eigenvalue weighted by molar-refractivity contribution is 6.36. The van der Waals surface area contributed by atoms with Gasteiger partial charge in [-0.05, 0) is 27.7 Å². The summed E-state index contributed by atoms with van der Waals surface area (Å²) in [5.41, 5.74) is 0.170. The highest BCUT2D eigenvalue weighted by Crippen LogP contribution is 2.35. The fraction of sp³-hybridized carbons (Fsp3) is 0.857. The van der Waals surface area contributed by atoms with E-state index < -0.39 is 0 Å². The number of hydrogen-bond acceptors (Lipinski definition) is 5. The van der Waals surface area contributed by atoms with E-state index in [2.05, 4.69) is 23.9 Å². The Kier molecular flexibility index (Phi) is 4.13. The largest absolute Gasteiger partial charge is 0.458 e. The summed E-state index contributed by atoms with van der Waals surface area (Å²) in [5.74, 6) is -0.335. The Morgan fingerprint density at radius 3 is 2.47 bits per heavy atom. The molecule has 5 nitrogen and oxygen atoms in total. The number of piperidine rings is 1. The number of ether oxygens (including phenoxy) is 1. The van der Waals surface area contributed by atoms with Crippen LogP contribution in [0.25, 0.3) is 0 Å². The molecular formula is C14H24N2O3. The minimum Gasteiger partial charge on any atom is -0.458 e. The maximum absolute atomic E-state index is 11.8. The molecule has 0 saturated carbocycles. The Labute approximate surface area is 114 Å². The third-order valence-corrected chi connectivity index (χ3v) is 3.86. The molecule has 0 N–H and O–H groups in total. The first kappa shape index (κ1) is 14.3. The number of nitrogens with zero attached hydrogens (tertiary/aromatic N) is 2. The van der Waals surface area contributed by atoms with Crippen molar-refractivity contribution < 1.29 is 14.4 Å². The summed E-state index contributed by atoms with van der Waals surface area (Å²) in [4.78, 5) is 19.8. The lowest BCUT2D eigenvalue weighted by Gasteiger charge is -2.39. The van der Waals surface area contributed by atoms with Gasteiger partial charge in [0.1, 0.15) is 5.60 Å². The fourth-order valence-corrected chi connectivity index (χ4v) is 2.63. The number of likely N-dealkylation sites (tertiary alicyclic amines) is 1. The fourth-order valence-electron chi connectivity index (χ4n) is 2.63. The molecule has 1 fully saturated rings. The minimum atomic E-state index is -0.335. The first-order chi connectivity index (χ1) is 8.92. The predicted molar refractivity (Wildman–Crippen MR) is 73.0 cm³/mol. The van der Waals surface area contributed by atoms with Gasteiger partial charge in [0, 0.05) is 38.4 Å². The summed E-state index contributed by atoms with van der Waals surface area (Å²) in [6, 6.07) is 0.560. The molecule has 0 atom stereocenters. The van der Waals surface area contributed by atoms with Gasteiger partial charge in [-0.2, -0.15) is 0 Å². The van der Waals surface area contributed by atoms with E-state index in [0.29, 0.717) is 18.2 Å². The molecule has 2 heterocycles. The van der Waals surface area contributed by atoms with E-state index in [4.69, 9.17) is 9.57 Å². The van der Waals surface area contributed by atoms with Crippen LogP contribution in [0, 0.1) is 0 Å². The highest BCUT2D eigenvalue weighted by Gasteiger charge is 2.44. The van der Waals surface area contributed by atoms with Crippen molar-refractivity contribution in [3.63, 3.8) is 0 Å². The molecule has 1 spiro atoms. The molecule has 0 amide bonds. The first-order valence-electron chi connectivity index (χ1n) is 7.12. The van der Waals surface area contributed by atoms with Crippen LogP contribution in [0.1, 0.15) is 47.0 Å². The average Bonchev–Trinajstić information content (AvgIpc) is 2.73. The zero-order valence-electron chi connectivity index (χ0n) is 12.3. The van der Waals surface area contributed by atoms with Crippen molar-refractivity contribution in [2.45, 2.75) is 64.7 Å². The van der Waals surface area contributed by atoms with Crippen LogP contribution in [-0.2, 0) is 14.4 Å². The molecule has 0 aromatic carbocycles. The molecule has 0 unspecified atom stereocenters. The summed E-state index contributed by atoms with van der Waals surface area (Å²) >= 11 is 0. The summed E-state index contributed by atoms with van der Waals surface area (Å²) in [5, 5.41) is 3.96. The van der Waals surface area contributed by atoms with E-state index in [1.54, 1.807) is 0 Å². The summed E-state index contributed by atoms with van der Waals surface area (Å²) in [7, 11) is 0. The Balaban J connectivity index is 1.89. The summed E-state index contributed by atoms with van der Waals surface area (Å²) in [6.45, 7) is 10.1. The zero-order chi connectivity index (χ0) is 14.0. The van der Waals surface area contributed by atoms with Crippen LogP contribution < -0.4 is 0 Å². The number of carbonyl (C=O) groups excluding carboxylic acids is 1. The number of rotatable bonds is 3. The predicted octanol–water partition coefficient (Wildman–Crippen LogP) is 1.96. The van der Waals surface area contributed by atoms with Crippen molar-refractivity contribution in [3.8, 4) is 0 Å². The van der Waals surface area contributed by atoms with E-state index in [1.807, 2.05) is 13.8 Å². The van der Waals surface area contributed by atoms with Gasteiger partial charge >= 0.3 is 5.97 Å². The second-order valence-electron chi connectivity index (χ2n) is 6.07. The lowest BCUT2D eigenvalue weighted by molar-refractivity contribution is -0.139. The molecule has 2 aliphatic rings. The van der Waals surface area contributed by atoms with Crippen LogP contribution in [0.4, 0.5) is 0 Å². The van der Waals surface area contributed by atoms with Crippen molar-refractivity contribution in [2.24, 2.45) is 5.16 Å². The maximum Gasteiger partial charge on any atom is 0.356 e. The summed E-state index contributed by atoms with van der Waals surface area (Å²) < 4.78 is 5.17. The molecule has 5 heteroatoms. The van der Waals surface area contributed by atoms with Crippen molar-refractivity contribution in [2.75, 3.05) is 13.1 Å². The Bertz CT molecular complexity index is 369. The Hall–Kier alpha value is -1.10.